The largest absolute Gasteiger partial charge is 0.350 e. The molecule has 0 radical (unpaired) electrons. The standard InChI is InChI=1S/C11H19NO/c1-9(2)11(13)12-10-7-5-3-4-6-8-10/h10H,1,3-8H2,2H3,(H,12,13). The van der Waals surface area contributed by atoms with Crippen LogP contribution in [0.1, 0.15) is 45.4 Å². The molecule has 0 unspecified atom stereocenters. The van der Waals surface area contributed by atoms with Crippen molar-refractivity contribution in [2.24, 2.45) is 0 Å². The fourth-order valence-electron chi connectivity index (χ4n) is 1.73. The molecular weight excluding hydrogens is 162 g/mol. The molecule has 0 heterocycles. The van der Waals surface area contributed by atoms with Crippen molar-refractivity contribution in [3.8, 4) is 0 Å². The second-order valence-electron chi connectivity index (χ2n) is 3.94. The Balaban J connectivity index is 2.33. The summed E-state index contributed by atoms with van der Waals surface area (Å²) in [7, 11) is 0. The molecule has 1 N–H and O–H groups in total. The van der Waals surface area contributed by atoms with Crippen LogP contribution in [0.3, 0.4) is 0 Å². The van der Waals surface area contributed by atoms with E-state index in [1.807, 2.05) is 0 Å². The molecule has 0 atom stereocenters. The monoisotopic (exact) mass is 181 g/mol. The lowest BCUT2D eigenvalue weighted by molar-refractivity contribution is -0.118. The summed E-state index contributed by atoms with van der Waals surface area (Å²) in [6, 6.07) is 0.395. The van der Waals surface area contributed by atoms with Gasteiger partial charge in [-0.05, 0) is 19.8 Å². The zero-order valence-corrected chi connectivity index (χ0v) is 8.44. The van der Waals surface area contributed by atoms with Crippen LogP contribution in [-0.2, 0) is 4.79 Å². The van der Waals surface area contributed by atoms with Crippen molar-refractivity contribution in [2.75, 3.05) is 0 Å². The summed E-state index contributed by atoms with van der Waals surface area (Å²) in [6.07, 6.45) is 7.42. The Morgan fingerprint density at radius 3 is 2.23 bits per heavy atom. The van der Waals surface area contributed by atoms with Gasteiger partial charge in [-0.25, -0.2) is 0 Å². The van der Waals surface area contributed by atoms with Gasteiger partial charge in [-0.15, -0.1) is 0 Å². The Hall–Kier alpha value is -0.790. The molecule has 0 aromatic rings. The lowest BCUT2D eigenvalue weighted by Gasteiger charge is -2.15. The number of nitrogens with one attached hydrogen (secondary N) is 1. The molecule has 0 saturated heterocycles. The van der Waals surface area contributed by atoms with Gasteiger partial charge >= 0.3 is 0 Å². The molecule has 1 fully saturated rings. The highest BCUT2D eigenvalue weighted by molar-refractivity contribution is 5.92. The van der Waals surface area contributed by atoms with Crippen LogP contribution >= 0.6 is 0 Å². The maximum atomic E-state index is 11.3. The van der Waals surface area contributed by atoms with E-state index in [0.717, 1.165) is 12.8 Å². The summed E-state index contributed by atoms with van der Waals surface area (Å²) in [5.74, 6) is 0.0203. The van der Waals surface area contributed by atoms with E-state index in [4.69, 9.17) is 0 Å². The van der Waals surface area contributed by atoms with Crippen molar-refractivity contribution in [3.05, 3.63) is 12.2 Å². The Bertz CT molecular complexity index is 190. The van der Waals surface area contributed by atoms with E-state index in [-0.39, 0.29) is 5.91 Å². The van der Waals surface area contributed by atoms with Crippen molar-refractivity contribution in [1.82, 2.24) is 5.32 Å². The summed E-state index contributed by atoms with van der Waals surface area (Å²) in [4.78, 5) is 11.3. The van der Waals surface area contributed by atoms with Crippen LogP contribution in [0.25, 0.3) is 0 Å². The number of hydrogen-bond donors (Lipinski definition) is 1. The normalized spacial score (nSPS) is 19.2. The summed E-state index contributed by atoms with van der Waals surface area (Å²) < 4.78 is 0. The maximum Gasteiger partial charge on any atom is 0.246 e. The lowest BCUT2D eigenvalue weighted by atomic mass is 10.1. The van der Waals surface area contributed by atoms with Crippen LogP contribution in [0, 0.1) is 0 Å². The lowest BCUT2D eigenvalue weighted by Crippen LogP contribution is -2.34. The molecule has 1 aliphatic rings. The number of hydrogen-bond acceptors (Lipinski definition) is 1. The van der Waals surface area contributed by atoms with E-state index in [2.05, 4.69) is 11.9 Å². The highest BCUT2D eigenvalue weighted by Gasteiger charge is 2.14. The van der Waals surface area contributed by atoms with E-state index < -0.39 is 0 Å². The van der Waals surface area contributed by atoms with E-state index >= 15 is 0 Å². The Labute approximate surface area is 80.4 Å². The van der Waals surface area contributed by atoms with Gasteiger partial charge in [0.2, 0.25) is 5.91 Å². The van der Waals surface area contributed by atoms with Crippen molar-refractivity contribution in [1.29, 1.82) is 0 Å². The first kappa shape index (κ1) is 10.3. The highest BCUT2D eigenvalue weighted by atomic mass is 16.1. The van der Waals surface area contributed by atoms with Gasteiger partial charge in [0, 0.05) is 11.6 Å². The van der Waals surface area contributed by atoms with Gasteiger partial charge in [-0.3, -0.25) is 4.79 Å². The van der Waals surface area contributed by atoms with Crippen LogP contribution in [-0.4, -0.2) is 11.9 Å². The van der Waals surface area contributed by atoms with Crippen LogP contribution in [0.4, 0.5) is 0 Å². The first-order valence-electron chi connectivity index (χ1n) is 5.16. The average molecular weight is 181 g/mol. The van der Waals surface area contributed by atoms with Gasteiger partial charge in [0.05, 0.1) is 0 Å². The second-order valence-corrected chi connectivity index (χ2v) is 3.94. The molecule has 13 heavy (non-hydrogen) atoms. The molecule has 1 saturated carbocycles. The quantitative estimate of drug-likeness (QED) is 0.514. The zero-order chi connectivity index (χ0) is 9.68. The van der Waals surface area contributed by atoms with Crippen molar-refractivity contribution in [2.45, 2.75) is 51.5 Å². The van der Waals surface area contributed by atoms with Crippen molar-refractivity contribution >= 4 is 5.91 Å². The molecule has 1 rings (SSSR count). The Kier molecular flexibility index (Phi) is 4.00. The molecular formula is C11H19NO. The number of rotatable bonds is 2. The van der Waals surface area contributed by atoms with E-state index in [1.54, 1.807) is 6.92 Å². The number of carbonyl (C=O) groups excluding carboxylic acids is 1. The minimum absolute atomic E-state index is 0.0203. The van der Waals surface area contributed by atoms with Crippen LogP contribution in [0.2, 0.25) is 0 Å². The molecule has 2 heteroatoms. The maximum absolute atomic E-state index is 11.3. The molecule has 74 valence electrons. The fourth-order valence-corrected chi connectivity index (χ4v) is 1.73. The van der Waals surface area contributed by atoms with Crippen LogP contribution in [0.5, 0.6) is 0 Å². The minimum Gasteiger partial charge on any atom is -0.350 e. The van der Waals surface area contributed by atoms with Crippen molar-refractivity contribution < 1.29 is 4.79 Å². The molecule has 0 aromatic heterocycles. The highest BCUT2D eigenvalue weighted by Crippen LogP contribution is 2.17. The predicted octanol–water partition coefficient (Wildman–Crippen LogP) is 2.40. The van der Waals surface area contributed by atoms with Gasteiger partial charge in [-0.2, -0.15) is 0 Å². The molecule has 1 aliphatic carbocycles. The van der Waals surface area contributed by atoms with E-state index in [9.17, 15) is 4.79 Å². The Morgan fingerprint density at radius 2 is 1.77 bits per heavy atom. The number of carbonyl (C=O) groups is 1. The first-order chi connectivity index (χ1) is 6.20. The van der Waals surface area contributed by atoms with Crippen LogP contribution < -0.4 is 5.32 Å². The fraction of sp³-hybridized carbons (Fsp3) is 0.727. The van der Waals surface area contributed by atoms with E-state index in [1.165, 1.54) is 25.7 Å². The van der Waals surface area contributed by atoms with Crippen LogP contribution in [0.15, 0.2) is 12.2 Å². The van der Waals surface area contributed by atoms with Gasteiger partial charge < -0.3 is 5.32 Å². The molecule has 1 amide bonds. The third kappa shape index (κ3) is 3.62. The summed E-state index contributed by atoms with van der Waals surface area (Å²) in [5, 5.41) is 3.02. The minimum atomic E-state index is 0.0203. The van der Waals surface area contributed by atoms with Gasteiger partial charge in [0.25, 0.3) is 0 Å². The number of amides is 1. The molecule has 0 spiro atoms. The molecule has 2 nitrogen and oxygen atoms in total. The topological polar surface area (TPSA) is 29.1 Å². The SMILES string of the molecule is C=C(C)C(=O)NC1CCCCCC1. The van der Waals surface area contributed by atoms with Crippen molar-refractivity contribution in [3.63, 3.8) is 0 Å². The van der Waals surface area contributed by atoms with Gasteiger partial charge in [0.15, 0.2) is 0 Å². The first-order valence-corrected chi connectivity index (χ1v) is 5.16. The summed E-state index contributed by atoms with van der Waals surface area (Å²) in [6.45, 7) is 5.39. The van der Waals surface area contributed by atoms with Gasteiger partial charge in [-0.1, -0.05) is 32.3 Å². The molecule has 0 bridgehead atoms. The molecule has 0 aliphatic heterocycles. The molecule has 0 aromatic carbocycles. The summed E-state index contributed by atoms with van der Waals surface area (Å²) >= 11 is 0. The summed E-state index contributed by atoms with van der Waals surface area (Å²) in [5.41, 5.74) is 0.615. The van der Waals surface area contributed by atoms with Gasteiger partial charge in [0.1, 0.15) is 0 Å². The third-order valence-electron chi connectivity index (χ3n) is 2.58. The van der Waals surface area contributed by atoms with E-state index in [0.29, 0.717) is 11.6 Å². The zero-order valence-electron chi connectivity index (χ0n) is 8.44. The smallest absolute Gasteiger partial charge is 0.246 e. The predicted molar refractivity (Wildman–Crippen MR) is 54.4 cm³/mol. The third-order valence-corrected chi connectivity index (χ3v) is 2.58. The average Bonchev–Trinajstić information content (AvgIpc) is 2.32. The second kappa shape index (κ2) is 5.05. The Morgan fingerprint density at radius 1 is 1.23 bits per heavy atom.